The Morgan fingerprint density at radius 1 is 1.31 bits per heavy atom. The second-order valence-corrected chi connectivity index (χ2v) is 9.09. The first-order valence-electron chi connectivity index (χ1n) is 10.1. The highest BCUT2D eigenvalue weighted by atomic mass is 35.5. The Morgan fingerprint density at radius 3 is 2.83 bits per heavy atom. The van der Waals surface area contributed by atoms with Crippen molar-refractivity contribution in [3.8, 4) is 11.5 Å². The fourth-order valence-corrected chi connectivity index (χ4v) is 5.48. The van der Waals surface area contributed by atoms with Crippen LogP contribution in [0.2, 0.25) is 5.02 Å². The van der Waals surface area contributed by atoms with Gasteiger partial charge in [0.2, 0.25) is 5.91 Å². The van der Waals surface area contributed by atoms with Gasteiger partial charge in [0.05, 0.1) is 22.7 Å². The third-order valence-electron chi connectivity index (χ3n) is 5.52. The molecule has 0 aliphatic carbocycles. The van der Waals surface area contributed by atoms with E-state index in [1.54, 1.807) is 18.4 Å². The van der Waals surface area contributed by atoms with E-state index >= 15 is 0 Å². The molecule has 0 spiro atoms. The van der Waals surface area contributed by atoms with Crippen molar-refractivity contribution in [2.45, 2.75) is 32.6 Å². The Kier molecular flexibility index (Phi) is 6.27. The molecule has 3 heterocycles. The molecule has 4 rings (SSSR count). The van der Waals surface area contributed by atoms with E-state index < -0.39 is 0 Å². The topological polar surface area (TPSA) is 63.2 Å². The average Bonchev–Trinajstić information content (AvgIpc) is 3.14. The van der Waals surface area contributed by atoms with Crippen LogP contribution >= 0.6 is 22.9 Å². The molecular weight excluding hydrogens is 410 g/mol. The number of thiophene rings is 1. The van der Waals surface area contributed by atoms with Crippen LogP contribution in [0.1, 0.15) is 37.5 Å². The largest absolute Gasteiger partial charge is 0.493 e. The van der Waals surface area contributed by atoms with Crippen LogP contribution in [0.15, 0.2) is 17.2 Å². The number of nitrogens with zero attached hydrogens (tertiary/aromatic N) is 2. The minimum absolute atomic E-state index is 0.0496. The molecule has 2 aliphatic rings. The first-order chi connectivity index (χ1) is 14.1. The second kappa shape index (κ2) is 8.90. The summed E-state index contributed by atoms with van der Waals surface area (Å²) in [6.45, 7) is 5.75. The van der Waals surface area contributed by atoms with Gasteiger partial charge in [-0.3, -0.25) is 9.69 Å². The van der Waals surface area contributed by atoms with E-state index in [1.165, 1.54) is 19.3 Å². The molecule has 1 aromatic carbocycles. The van der Waals surface area contributed by atoms with Crippen molar-refractivity contribution >= 4 is 44.6 Å². The molecule has 0 saturated carbocycles. The molecule has 1 atom stereocenters. The zero-order chi connectivity index (χ0) is 20.4. The van der Waals surface area contributed by atoms with Crippen LogP contribution < -0.4 is 14.9 Å². The van der Waals surface area contributed by atoms with Gasteiger partial charge in [-0.05, 0) is 32.0 Å². The van der Waals surface area contributed by atoms with Crippen LogP contribution in [0, 0.1) is 5.92 Å². The number of carbonyl (C=O) groups excluding carboxylic acids is 1. The molecule has 2 aromatic rings. The summed E-state index contributed by atoms with van der Waals surface area (Å²) < 4.78 is 12.7. The van der Waals surface area contributed by atoms with Gasteiger partial charge in [0.1, 0.15) is 6.61 Å². The molecule has 1 amide bonds. The maximum absolute atomic E-state index is 11.5. The number of ether oxygens (including phenoxy) is 2. The predicted octanol–water partition coefficient (Wildman–Crippen LogP) is 4.29. The molecule has 1 saturated heterocycles. The zero-order valence-electron chi connectivity index (χ0n) is 16.8. The maximum Gasteiger partial charge on any atom is 0.240 e. The molecule has 1 fully saturated rings. The van der Waals surface area contributed by atoms with Crippen molar-refractivity contribution in [3.63, 3.8) is 0 Å². The second-order valence-electron chi connectivity index (χ2n) is 7.63. The summed E-state index contributed by atoms with van der Waals surface area (Å²) in [6.07, 6.45) is 4.28. The monoisotopic (exact) mass is 435 g/mol. The van der Waals surface area contributed by atoms with Gasteiger partial charge in [0.15, 0.2) is 11.5 Å². The van der Waals surface area contributed by atoms with Gasteiger partial charge >= 0.3 is 0 Å². The van der Waals surface area contributed by atoms with E-state index in [0.717, 1.165) is 40.3 Å². The van der Waals surface area contributed by atoms with Crippen molar-refractivity contribution < 1.29 is 14.3 Å². The van der Waals surface area contributed by atoms with Crippen LogP contribution in [0.25, 0.3) is 10.1 Å². The number of hydrogen-bond acceptors (Lipinski definition) is 6. The highest BCUT2D eigenvalue weighted by molar-refractivity contribution is 7.21. The summed E-state index contributed by atoms with van der Waals surface area (Å²) in [4.78, 5) is 15.0. The minimum Gasteiger partial charge on any atom is -0.493 e. The summed E-state index contributed by atoms with van der Waals surface area (Å²) >= 11 is 8.33. The number of amides is 1. The number of carbonyl (C=O) groups is 1. The quantitative estimate of drug-likeness (QED) is 0.735. The molecule has 8 heteroatoms. The highest BCUT2D eigenvalue weighted by Gasteiger charge is 2.25. The van der Waals surface area contributed by atoms with E-state index in [2.05, 4.69) is 15.4 Å². The van der Waals surface area contributed by atoms with E-state index in [0.29, 0.717) is 29.5 Å². The van der Waals surface area contributed by atoms with Crippen LogP contribution in [-0.2, 0) is 4.79 Å². The minimum atomic E-state index is -0.0496. The van der Waals surface area contributed by atoms with Crippen LogP contribution in [-0.4, -0.2) is 49.9 Å². The number of methoxy groups -OCH3 is 1. The number of hydrazone groups is 1. The fourth-order valence-electron chi connectivity index (χ4n) is 3.92. The lowest BCUT2D eigenvalue weighted by molar-refractivity contribution is -0.121. The number of benzene rings is 1. The molecular formula is C21H26ClN3O3S. The molecule has 1 aromatic heterocycles. The standard InChI is InChI=1S/C21H26ClN3O3S/c1-13-10-18(26)23-24-20(13)17-11-14-16(29-17)12-15(27-2)21(19(14)22)28-9-8-25-6-4-3-5-7-25/h11-13H,3-10H2,1-2H3,(H,23,26). The maximum atomic E-state index is 11.5. The van der Waals surface area contributed by atoms with E-state index in [1.807, 2.05) is 19.1 Å². The van der Waals surface area contributed by atoms with Crippen LogP contribution in [0.4, 0.5) is 0 Å². The first kappa shape index (κ1) is 20.4. The van der Waals surface area contributed by atoms with Gasteiger partial charge in [0.25, 0.3) is 0 Å². The highest BCUT2D eigenvalue weighted by Crippen LogP contribution is 2.44. The number of halogens is 1. The van der Waals surface area contributed by atoms with Crippen molar-refractivity contribution in [2.75, 3.05) is 33.4 Å². The molecule has 1 unspecified atom stereocenters. The molecule has 156 valence electrons. The number of rotatable bonds is 6. The van der Waals surface area contributed by atoms with Crippen molar-refractivity contribution in [1.29, 1.82) is 0 Å². The summed E-state index contributed by atoms with van der Waals surface area (Å²) in [5.41, 5.74) is 3.46. The third kappa shape index (κ3) is 4.37. The first-order valence-corrected chi connectivity index (χ1v) is 11.3. The average molecular weight is 436 g/mol. The summed E-state index contributed by atoms with van der Waals surface area (Å²) in [5, 5.41) is 5.76. The van der Waals surface area contributed by atoms with Gasteiger partial charge in [-0.15, -0.1) is 11.3 Å². The number of hydrogen-bond donors (Lipinski definition) is 1. The van der Waals surface area contributed by atoms with Gasteiger partial charge in [-0.25, -0.2) is 5.43 Å². The molecule has 6 nitrogen and oxygen atoms in total. The molecule has 0 bridgehead atoms. The predicted molar refractivity (Wildman–Crippen MR) is 118 cm³/mol. The van der Waals surface area contributed by atoms with E-state index in [-0.39, 0.29) is 11.8 Å². The molecule has 29 heavy (non-hydrogen) atoms. The van der Waals surface area contributed by atoms with Crippen LogP contribution in [0.5, 0.6) is 11.5 Å². The van der Waals surface area contributed by atoms with Gasteiger partial charge in [-0.1, -0.05) is 24.9 Å². The number of fused-ring (bicyclic) bond motifs is 1. The Balaban J connectivity index is 1.58. The van der Waals surface area contributed by atoms with Crippen LogP contribution in [0.3, 0.4) is 0 Å². The molecule has 2 aliphatic heterocycles. The van der Waals surface area contributed by atoms with Gasteiger partial charge < -0.3 is 9.47 Å². The van der Waals surface area contributed by atoms with Crippen molar-refractivity contribution in [2.24, 2.45) is 11.0 Å². The van der Waals surface area contributed by atoms with Gasteiger partial charge in [-0.2, -0.15) is 5.10 Å². The Bertz CT molecular complexity index is 937. The smallest absolute Gasteiger partial charge is 0.240 e. The van der Waals surface area contributed by atoms with Crippen molar-refractivity contribution in [3.05, 3.63) is 22.0 Å². The summed E-state index contributed by atoms with van der Waals surface area (Å²) in [7, 11) is 1.63. The Morgan fingerprint density at radius 2 is 2.10 bits per heavy atom. The number of nitrogens with one attached hydrogen (secondary N) is 1. The van der Waals surface area contributed by atoms with E-state index in [4.69, 9.17) is 21.1 Å². The zero-order valence-corrected chi connectivity index (χ0v) is 18.4. The molecule has 0 radical (unpaired) electrons. The lowest BCUT2D eigenvalue weighted by Gasteiger charge is -2.26. The SMILES string of the molecule is COc1cc2sc(C3=NNC(=O)CC3C)cc2c(Cl)c1OCCN1CCCCC1. The Labute approximate surface area is 179 Å². The number of piperidine rings is 1. The fraction of sp³-hybridized carbons (Fsp3) is 0.524. The lowest BCUT2D eigenvalue weighted by Crippen LogP contribution is -2.33. The Hall–Kier alpha value is -1.83. The summed E-state index contributed by atoms with van der Waals surface area (Å²) in [6, 6.07) is 4.00. The van der Waals surface area contributed by atoms with Crippen molar-refractivity contribution in [1.82, 2.24) is 10.3 Å². The number of likely N-dealkylation sites (tertiary alicyclic amines) is 1. The normalized spacial score (nSPS) is 20.4. The third-order valence-corrected chi connectivity index (χ3v) is 7.00. The molecule has 1 N–H and O–H groups in total. The summed E-state index contributed by atoms with van der Waals surface area (Å²) in [5.74, 6) is 1.25. The van der Waals surface area contributed by atoms with E-state index in [9.17, 15) is 4.79 Å². The van der Waals surface area contributed by atoms with Gasteiger partial charge in [0, 0.05) is 35.0 Å². The lowest BCUT2D eigenvalue weighted by atomic mass is 9.99.